The molecule has 31 heavy (non-hydrogen) atoms. The predicted molar refractivity (Wildman–Crippen MR) is 122 cm³/mol. The van der Waals surface area contributed by atoms with Crippen molar-refractivity contribution in [3.05, 3.63) is 84.7 Å². The molecule has 3 rings (SSSR count). The highest BCUT2D eigenvalue weighted by molar-refractivity contribution is 7.99. The van der Waals surface area contributed by atoms with Crippen molar-refractivity contribution in [1.82, 2.24) is 4.31 Å². The molecule has 3 aromatic rings. The third-order valence-electron chi connectivity index (χ3n) is 4.28. The second-order valence-corrected chi connectivity index (χ2v) is 9.89. The zero-order valence-corrected chi connectivity index (χ0v) is 18.7. The fourth-order valence-electron chi connectivity index (χ4n) is 2.74. The zero-order valence-electron chi connectivity index (χ0n) is 17.0. The highest BCUT2D eigenvalue weighted by atomic mass is 32.2. The summed E-state index contributed by atoms with van der Waals surface area (Å²) >= 11 is 1.47. The highest BCUT2D eigenvalue weighted by Gasteiger charge is 2.29. The third-order valence-corrected chi connectivity index (χ3v) is 7.17. The monoisotopic (exact) mass is 459 g/mol. The van der Waals surface area contributed by atoms with Crippen LogP contribution in [0.25, 0.3) is 0 Å². The fourth-order valence-corrected chi connectivity index (χ4v) is 4.73. The van der Waals surface area contributed by atoms with Gasteiger partial charge in [0.05, 0.1) is 11.4 Å². The quantitative estimate of drug-likeness (QED) is 0.547. The first-order valence-corrected chi connectivity index (χ1v) is 11.6. The Bertz CT molecular complexity index is 1160. The first kappa shape index (κ1) is 22.8. The van der Waals surface area contributed by atoms with Crippen molar-refractivity contribution in [1.29, 1.82) is 0 Å². The smallest absolute Gasteiger partial charge is 0.304 e. The number of benzene rings is 3. The number of nitrogens with zero attached hydrogens (tertiary/aromatic N) is 2. The lowest BCUT2D eigenvalue weighted by molar-refractivity contribution is -0.114. The summed E-state index contributed by atoms with van der Waals surface area (Å²) < 4.78 is 41.6. The SMILES string of the molecule is CN(C)S(=O)(=O)N(CC(=O)Nc1ccccc1Sc1ccccc1)c1ccccc1F. The number of amides is 1. The van der Waals surface area contributed by atoms with Crippen LogP contribution in [-0.2, 0) is 15.0 Å². The van der Waals surface area contributed by atoms with Gasteiger partial charge in [0.25, 0.3) is 0 Å². The summed E-state index contributed by atoms with van der Waals surface area (Å²) in [7, 11) is -1.45. The van der Waals surface area contributed by atoms with E-state index in [0.29, 0.717) is 5.69 Å². The van der Waals surface area contributed by atoms with Gasteiger partial charge in [-0.15, -0.1) is 0 Å². The first-order chi connectivity index (χ1) is 14.8. The average molecular weight is 460 g/mol. The topological polar surface area (TPSA) is 69.7 Å². The molecule has 0 aromatic heterocycles. The summed E-state index contributed by atoms with van der Waals surface area (Å²) in [4.78, 5) is 14.6. The van der Waals surface area contributed by atoms with Crippen LogP contribution in [0.1, 0.15) is 0 Å². The molecular formula is C22H22FN3O3S2. The maximum atomic E-state index is 14.4. The number of anilines is 2. The van der Waals surface area contributed by atoms with Gasteiger partial charge in [0.2, 0.25) is 5.91 Å². The molecule has 0 aliphatic carbocycles. The van der Waals surface area contributed by atoms with Crippen molar-refractivity contribution in [2.45, 2.75) is 9.79 Å². The van der Waals surface area contributed by atoms with Gasteiger partial charge in [0.1, 0.15) is 12.4 Å². The van der Waals surface area contributed by atoms with E-state index in [4.69, 9.17) is 0 Å². The van der Waals surface area contributed by atoms with Crippen LogP contribution in [0.2, 0.25) is 0 Å². The van der Waals surface area contributed by atoms with Gasteiger partial charge < -0.3 is 5.32 Å². The second-order valence-electron chi connectivity index (χ2n) is 6.71. The van der Waals surface area contributed by atoms with Crippen molar-refractivity contribution >= 4 is 39.3 Å². The summed E-state index contributed by atoms with van der Waals surface area (Å²) in [5.41, 5.74) is 0.343. The van der Waals surface area contributed by atoms with Crippen LogP contribution in [0.15, 0.2) is 88.7 Å². The highest BCUT2D eigenvalue weighted by Crippen LogP contribution is 2.33. The summed E-state index contributed by atoms with van der Waals surface area (Å²) in [6.45, 7) is -0.578. The van der Waals surface area contributed by atoms with E-state index < -0.39 is 28.5 Å². The molecule has 1 amide bonds. The Morgan fingerprint density at radius 3 is 2.23 bits per heavy atom. The molecule has 0 saturated carbocycles. The number of rotatable bonds is 8. The van der Waals surface area contributed by atoms with Crippen molar-refractivity contribution in [3.8, 4) is 0 Å². The Hall–Kier alpha value is -2.88. The van der Waals surface area contributed by atoms with Gasteiger partial charge in [-0.1, -0.05) is 54.2 Å². The number of carbonyl (C=O) groups excluding carboxylic acids is 1. The zero-order chi connectivity index (χ0) is 22.4. The van der Waals surface area contributed by atoms with Gasteiger partial charge in [-0.05, 0) is 36.4 Å². The van der Waals surface area contributed by atoms with Gasteiger partial charge in [-0.2, -0.15) is 12.7 Å². The molecule has 162 valence electrons. The molecule has 9 heteroatoms. The molecule has 0 saturated heterocycles. The normalized spacial score (nSPS) is 11.4. The molecule has 0 fully saturated rings. The van der Waals surface area contributed by atoms with Gasteiger partial charge in [-0.3, -0.25) is 4.79 Å². The standard InChI is InChI=1S/C22H22FN3O3S2/c1-25(2)31(28,29)26(20-14-8-6-12-18(20)23)16-22(27)24-19-13-7-9-15-21(19)30-17-10-4-3-5-11-17/h3-15H,16H2,1-2H3,(H,24,27). The summed E-state index contributed by atoms with van der Waals surface area (Å²) in [5.74, 6) is -1.32. The van der Waals surface area contributed by atoms with Crippen LogP contribution in [0.4, 0.5) is 15.8 Å². The number of carbonyl (C=O) groups is 1. The van der Waals surface area contributed by atoms with Crippen LogP contribution in [0, 0.1) is 5.82 Å². The molecule has 0 aliphatic heterocycles. The Balaban J connectivity index is 1.85. The number of nitrogens with one attached hydrogen (secondary N) is 1. The van der Waals surface area contributed by atoms with E-state index in [2.05, 4.69) is 5.32 Å². The van der Waals surface area contributed by atoms with Crippen LogP contribution < -0.4 is 9.62 Å². The molecular weight excluding hydrogens is 437 g/mol. The van der Waals surface area contributed by atoms with E-state index in [1.807, 2.05) is 42.5 Å². The minimum absolute atomic E-state index is 0.196. The lowest BCUT2D eigenvalue weighted by atomic mass is 10.3. The van der Waals surface area contributed by atoms with Crippen molar-refractivity contribution < 1.29 is 17.6 Å². The fraction of sp³-hybridized carbons (Fsp3) is 0.136. The van der Waals surface area contributed by atoms with E-state index in [0.717, 1.165) is 24.5 Å². The minimum atomic E-state index is -4.10. The summed E-state index contributed by atoms with van der Waals surface area (Å²) in [6, 6.07) is 22.3. The van der Waals surface area contributed by atoms with Gasteiger partial charge >= 0.3 is 10.2 Å². The maximum Gasteiger partial charge on any atom is 0.304 e. The molecule has 0 unspecified atom stereocenters. The van der Waals surface area contributed by atoms with Crippen molar-refractivity contribution in [3.63, 3.8) is 0 Å². The van der Waals surface area contributed by atoms with E-state index in [1.165, 1.54) is 44.1 Å². The molecule has 0 heterocycles. The lowest BCUT2D eigenvalue weighted by Crippen LogP contribution is -2.44. The maximum absolute atomic E-state index is 14.4. The minimum Gasteiger partial charge on any atom is -0.323 e. The first-order valence-electron chi connectivity index (χ1n) is 9.35. The van der Waals surface area contributed by atoms with E-state index in [9.17, 15) is 17.6 Å². The lowest BCUT2D eigenvalue weighted by Gasteiger charge is -2.27. The van der Waals surface area contributed by atoms with Crippen LogP contribution >= 0.6 is 11.8 Å². The number of halogens is 1. The van der Waals surface area contributed by atoms with Crippen LogP contribution in [0.3, 0.4) is 0 Å². The number of hydrogen-bond acceptors (Lipinski definition) is 4. The molecule has 1 N–H and O–H groups in total. The predicted octanol–water partition coefficient (Wildman–Crippen LogP) is 4.23. The molecule has 0 aliphatic rings. The Morgan fingerprint density at radius 1 is 0.935 bits per heavy atom. The average Bonchev–Trinajstić information content (AvgIpc) is 2.74. The molecule has 3 aromatic carbocycles. The molecule has 0 radical (unpaired) electrons. The number of hydrogen-bond donors (Lipinski definition) is 1. The van der Waals surface area contributed by atoms with Gasteiger partial charge in [0, 0.05) is 23.9 Å². The Kier molecular flexibility index (Phi) is 7.32. The molecule has 0 atom stereocenters. The molecule has 6 nitrogen and oxygen atoms in total. The molecule has 0 bridgehead atoms. The van der Waals surface area contributed by atoms with Crippen LogP contribution in [0.5, 0.6) is 0 Å². The van der Waals surface area contributed by atoms with Crippen molar-refractivity contribution in [2.24, 2.45) is 0 Å². The summed E-state index contributed by atoms with van der Waals surface area (Å²) in [5, 5.41) is 2.75. The molecule has 0 spiro atoms. The summed E-state index contributed by atoms with van der Waals surface area (Å²) in [6.07, 6.45) is 0. The Labute approximate surface area is 185 Å². The number of para-hydroxylation sites is 2. The largest absolute Gasteiger partial charge is 0.323 e. The second kappa shape index (κ2) is 9.95. The Morgan fingerprint density at radius 2 is 1.55 bits per heavy atom. The van der Waals surface area contributed by atoms with Gasteiger partial charge in [0.15, 0.2) is 0 Å². The van der Waals surface area contributed by atoms with E-state index >= 15 is 0 Å². The van der Waals surface area contributed by atoms with E-state index in [-0.39, 0.29) is 5.69 Å². The third kappa shape index (κ3) is 5.63. The van der Waals surface area contributed by atoms with E-state index in [1.54, 1.807) is 12.1 Å². The van der Waals surface area contributed by atoms with Crippen LogP contribution in [-0.4, -0.2) is 39.3 Å². The van der Waals surface area contributed by atoms with Gasteiger partial charge in [-0.25, -0.2) is 8.70 Å². The van der Waals surface area contributed by atoms with Crippen molar-refractivity contribution in [2.75, 3.05) is 30.3 Å².